The van der Waals surface area contributed by atoms with Gasteiger partial charge in [-0.1, -0.05) is 40.9 Å². The van der Waals surface area contributed by atoms with Crippen molar-refractivity contribution in [3.8, 4) is 0 Å². The predicted molar refractivity (Wildman–Crippen MR) is 81.3 cm³/mol. The zero-order valence-electron chi connectivity index (χ0n) is 13.2. The molecular weight excluding hydrogens is 256 g/mol. The highest BCUT2D eigenvalue weighted by molar-refractivity contribution is 5.81. The maximum Gasteiger partial charge on any atom is 0.330 e. The first-order valence-corrected chi connectivity index (χ1v) is 7.03. The summed E-state index contributed by atoms with van der Waals surface area (Å²) in [4.78, 5) is 21.1. The lowest BCUT2D eigenvalue weighted by Crippen LogP contribution is -2.17. The topological polar surface area (TPSA) is 52.6 Å². The van der Waals surface area contributed by atoms with Crippen LogP contribution in [0.1, 0.15) is 47.0 Å². The first kappa shape index (κ1) is 20.7. The molecule has 0 aromatic carbocycles. The van der Waals surface area contributed by atoms with Gasteiger partial charge in [0.1, 0.15) is 6.10 Å². The minimum atomic E-state index is -0.341. The Morgan fingerprint density at radius 3 is 2.00 bits per heavy atom. The fourth-order valence-electron chi connectivity index (χ4n) is 1.30. The molecule has 0 rings (SSSR count). The Labute approximate surface area is 122 Å². The number of hydrogen-bond donors (Lipinski definition) is 0. The van der Waals surface area contributed by atoms with Gasteiger partial charge in [-0.15, -0.1) is 0 Å². The molecule has 4 heteroatoms. The van der Waals surface area contributed by atoms with E-state index in [2.05, 4.69) is 31.7 Å². The van der Waals surface area contributed by atoms with Crippen LogP contribution in [-0.2, 0) is 19.1 Å². The fourth-order valence-corrected chi connectivity index (χ4v) is 1.30. The van der Waals surface area contributed by atoms with Crippen molar-refractivity contribution in [2.24, 2.45) is 5.92 Å². The molecule has 0 saturated carbocycles. The molecule has 1 unspecified atom stereocenters. The van der Waals surface area contributed by atoms with Crippen molar-refractivity contribution < 1.29 is 19.1 Å². The lowest BCUT2D eigenvalue weighted by molar-refractivity contribution is -0.143. The number of carbonyl (C=O) groups excluding carboxylic acids is 2. The molecule has 1 atom stereocenters. The van der Waals surface area contributed by atoms with E-state index in [0.29, 0.717) is 12.5 Å². The third-order valence-corrected chi connectivity index (χ3v) is 2.25. The van der Waals surface area contributed by atoms with Crippen LogP contribution in [-0.4, -0.2) is 24.6 Å². The van der Waals surface area contributed by atoms with Gasteiger partial charge in [-0.25, -0.2) is 9.59 Å². The highest BCUT2D eigenvalue weighted by Gasteiger charge is 2.11. The SMILES string of the molecule is C=CC(=O)OC(CC)CC(C)C.C=CC(=O)OCCC. The van der Waals surface area contributed by atoms with Gasteiger partial charge >= 0.3 is 11.9 Å². The summed E-state index contributed by atoms with van der Waals surface area (Å²) >= 11 is 0. The van der Waals surface area contributed by atoms with Crippen LogP contribution in [0.2, 0.25) is 0 Å². The van der Waals surface area contributed by atoms with Crippen molar-refractivity contribution in [1.82, 2.24) is 0 Å². The van der Waals surface area contributed by atoms with Crippen LogP contribution in [0, 0.1) is 5.92 Å². The largest absolute Gasteiger partial charge is 0.463 e. The van der Waals surface area contributed by atoms with E-state index in [-0.39, 0.29) is 18.0 Å². The smallest absolute Gasteiger partial charge is 0.330 e. The van der Waals surface area contributed by atoms with Gasteiger partial charge < -0.3 is 9.47 Å². The van der Waals surface area contributed by atoms with Crippen molar-refractivity contribution in [2.45, 2.75) is 53.1 Å². The van der Waals surface area contributed by atoms with Gasteiger partial charge in [0.15, 0.2) is 0 Å². The van der Waals surface area contributed by atoms with Crippen molar-refractivity contribution >= 4 is 11.9 Å². The second-order valence-corrected chi connectivity index (χ2v) is 4.67. The molecule has 0 heterocycles. The summed E-state index contributed by atoms with van der Waals surface area (Å²) in [5, 5.41) is 0. The van der Waals surface area contributed by atoms with Crippen LogP contribution in [0.4, 0.5) is 0 Å². The normalized spacial score (nSPS) is 10.8. The molecule has 0 aliphatic heterocycles. The average Bonchev–Trinajstić information content (AvgIpc) is 2.43. The van der Waals surface area contributed by atoms with E-state index < -0.39 is 0 Å². The monoisotopic (exact) mass is 284 g/mol. The van der Waals surface area contributed by atoms with Crippen LogP contribution in [0.5, 0.6) is 0 Å². The molecule has 0 saturated heterocycles. The quantitative estimate of drug-likeness (QED) is 0.504. The minimum absolute atomic E-state index is 0.0514. The maximum atomic E-state index is 10.8. The summed E-state index contributed by atoms with van der Waals surface area (Å²) < 4.78 is 9.69. The van der Waals surface area contributed by atoms with Crippen LogP contribution in [0.25, 0.3) is 0 Å². The van der Waals surface area contributed by atoms with Crippen molar-refractivity contribution in [3.05, 3.63) is 25.3 Å². The molecule has 0 fully saturated rings. The summed E-state index contributed by atoms with van der Waals surface area (Å²) in [6, 6.07) is 0. The van der Waals surface area contributed by atoms with Crippen LogP contribution >= 0.6 is 0 Å². The van der Waals surface area contributed by atoms with Gasteiger partial charge in [0.25, 0.3) is 0 Å². The van der Waals surface area contributed by atoms with Gasteiger partial charge in [0.05, 0.1) is 6.61 Å². The van der Waals surface area contributed by atoms with E-state index >= 15 is 0 Å². The molecule has 0 N–H and O–H groups in total. The van der Waals surface area contributed by atoms with Crippen LogP contribution in [0.3, 0.4) is 0 Å². The Bertz CT molecular complexity index is 295. The lowest BCUT2D eigenvalue weighted by Gasteiger charge is -2.16. The fraction of sp³-hybridized carbons (Fsp3) is 0.625. The van der Waals surface area contributed by atoms with Gasteiger partial charge in [-0.05, 0) is 25.2 Å². The minimum Gasteiger partial charge on any atom is -0.463 e. The Morgan fingerprint density at radius 1 is 1.10 bits per heavy atom. The molecule has 0 aromatic heterocycles. The molecule has 0 amide bonds. The van der Waals surface area contributed by atoms with Gasteiger partial charge in [-0.3, -0.25) is 0 Å². The maximum absolute atomic E-state index is 10.8. The number of esters is 2. The number of rotatable bonds is 8. The molecule has 20 heavy (non-hydrogen) atoms. The van der Waals surface area contributed by atoms with Gasteiger partial charge in [0, 0.05) is 12.2 Å². The van der Waals surface area contributed by atoms with Gasteiger partial charge in [-0.2, -0.15) is 0 Å². The first-order valence-electron chi connectivity index (χ1n) is 7.03. The van der Waals surface area contributed by atoms with Crippen LogP contribution < -0.4 is 0 Å². The molecule has 0 aliphatic rings. The van der Waals surface area contributed by atoms with Crippen molar-refractivity contribution in [1.29, 1.82) is 0 Å². The van der Waals surface area contributed by atoms with E-state index in [0.717, 1.165) is 25.3 Å². The Balaban J connectivity index is 0. The molecule has 116 valence electrons. The summed E-state index contributed by atoms with van der Waals surface area (Å²) in [6.07, 6.45) is 5.09. The van der Waals surface area contributed by atoms with E-state index in [1.54, 1.807) is 0 Å². The Morgan fingerprint density at radius 2 is 1.65 bits per heavy atom. The van der Waals surface area contributed by atoms with E-state index in [1.807, 2.05) is 13.8 Å². The molecular formula is C16H28O4. The predicted octanol–water partition coefficient (Wildman–Crippen LogP) is 3.67. The second kappa shape index (κ2) is 13.8. The molecule has 0 radical (unpaired) electrons. The standard InChI is InChI=1S/C10H18O2.C6H10O2/c1-5-9(7-8(3)4)12-10(11)6-2;1-3-5-8-6(7)4-2/h6,8-9H,2,5,7H2,1,3-4H3;4H,2-3,5H2,1H3. The first-order chi connectivity index (χ1) is 9.40. The molecule has 0 spiro atoms. The van der Waals surface area contributed by atoms with Crippen LogP contribution in [0.15, 0.2) is 25.3 Å². The highest BCUT2D eigenvalue weighted by Crippen LogP contribution is 2.11. The third-order valence-electron chi connectivity index (χ3n) is 2.25. The molecule has 0 bridgehead atoms. The average molecular weight is 284 g/mol. The highest BCUT2D eigenvalue weighted by atomic mass is 16.5. The van der Waals surface area contributed by atoms with Gasteiger partial charge in [0.2, 0.25) is 0 Å². The van der Waals surface area contributed by atoms with E-state index in [9.17, 15) is 9.59 Å². The van der Waals surface area contributed by atoms with E-state index in [1.165, 1.54) is 6.08 Å². The third kappa shape index (κ3) is 14.5. The molecule has 4 nitrogen and oxygen atoms in total. The summed E-state index contributed by atoms with van der Waals surface area (Å²) in [7, 11) is 0. The number of hydrogen-bond acceptors (Lipinski definition) is 4. The number of ether oxygens (including phenoxy) is 2. The zero-order valence-corrected chi connectivity index (χ0v) is 13.2. The number of carbonyl (C=O) groups is 2. The Kier molecular flexibility index (Phi) is 14.3. The van der Waals surface area contributed by atoms with E-state index in [4.69, 9.17) is 4.74 Å². The second-order valence-electron chi connectivity index (χ2n) is 4.67. The summed E-state index contributed by atoms with van der Waals surface area (Å²) in [6.45, 7) is 15.3. The summed E-state index contributed by atoms with van der Waals surface area (Å²) in [5.74, 6) is -0.0954. The molecule has 0 aromatic rings. The lowest BCUT2D eigenvalue weighted by atomic mass is 10.0. The van der Waals surface area contributed by atoms with Crippen molar-refractivity contribution in [3.63, 3.8) is 0 Å². The Hall–Kier alpha value is -1.58. The molecule has 0 aliphatic carbocycles. The zero-order chi connectivity index (χ0) is 16.0. The summed E-state index contributed by atoms with van der Waals surface area (Å²) in [5.41, 5.74) is 0. The van der Waals surface area contributed by atoms with Crippen molar-refractivity contribution in [2.75, 3.05) is 6.61 Å².